The van der Waals surface area contributed by atoms with Gasteiger partial charge in [-0.1, -0.05) is 29.3 Å². The largest absolute Gasteiger partial charge is 0.384 e. The van der Waals surface area contributed by atoms with Gasteiger partial charge in [-0.2, -0.15) is 0 Å². The third kappa shape index (κ3) is 2.79. The van der Waals surface area contributed by atoms with E-state index in [0.717, 1.165) is 11.3 Å². The van der Waals surface area contributed by atoms with Crippen LogP contribution in [0, 0.1) is 0 Å². The Morgan fingerprint density at radius 2 is 1.96 bits per heavy atom. The van der Waals surface area contributed by atoms with Gasteiger partial charge in [0.25, 0.3) is 5.91 Å². The van der Waals surface area contributed by atoms with Crippen LogP contribution >= 0.6 is 23.2 Å². The van der Waals surface area contributed by atoms with E-state index in [4.69, 9.17) is 23.2 Å². The maximum Gasteiger partial charge on any atom is 0.254 e. The zero-order valence-corrected chi connectivity index (χ0v) is 16.2. The molecule has 2 heterocycles. The van der Waals surface area contributed by atoms with Gasteiger partial charge in [0.05, 0.1) is 27.2 Å². The molecule has 1 N–H and O–H groups in total. The summed E-state index contributed by atoms with van der Waals surface area (Å²) in [4.78, 5) is 28.8. The van der Waals surface area contributed by atoms with Crippen LogP contribution in [0.15, 0.2) is 29.5 Å². The lowest BCUT2D eigenvalue weighted by atomic mass is 9.93. The highest BCUT2D eigenvalue weighted by Crippen LogP contribution is 2.43. The van der Waals surface area contributed by atoms with Crippen LogP contribution in [-0.4, -0.2) is 47.3 Å². The number of hydrogen-bond acceptors (Lipinski definition) is 3. The zero-order chi connectivity index (χ0) is 18.5. The van der Waals surface area contributed by atoms with Crippen LogP contribution in [0.2, 0.25) is 10.0 Å². The molecule has 3 rings (SSSR count). The molecule has 0 aliphatic carbocycles. The van der Waals surface area contributed by atoms with E-state index in [1.54, 1.807) is 29.0 Å². The highest BCUT2D eigenvalue weighted by Gasteiger charge is 2.48. The maximum atomic E-state index is 13.0. The lowest BCUT2D eigenvalue weighted by Crippen LogP contribution is -2.45. The van der Waals surface area contributed by atoms with Crippen LogP contribution in [-0.2, 0) is 9.59 Å². The lowest BCUT2D eigenvalue weighted by Gasteiger charge is -2.33. The summed E-state index contributed by atoms with van der Waals surface area (Å²) >= 11 is 12.2. The van der Waals surface area contributed by atoms with E-state index >= 15 is 0 Å². The molecule has 2 aliphatic heterocycles. The first-order chi connectivity index (χ1) is 11.7. The van der Waals surface area contributed by atoms with Crippen molar-refractivity contribution in [1.29, 1.82) is 0 Å². The Kier molecular flexibility index (Phi) is 4.50. The molecule has 0 bridgehead atoms. The van der Waals surface area contributed by atoms with Crippen molar-refractivity contribution in [2.45, 2.75) is 32.4 Å². The van der Waals surface area contributed by atoms with Gasteiger partial charge < -0.3 is 15.1 Å². The first kappa shape index (κ1) is 18.1. The molecule has 0 saturated carbocycles. The Balaban J connectivity index is 2.23. The van der Waals surface area contributed by atoms with Crippen molar-refractivity contribution < 1.29 is 9.59 Å². The van der Waals surface area contributed by atoms with Gasteiger partial charge >= 0.3 is 0 Å². The van der Waals surface area contributed by atoms with Crippen LogP contribution in [0.5, 0.6) is 0 Å². The Labute approximate surface area is 157 Å². The molecular weight excluding hydrogens is 361 g/mol. The number of nitrogens with one attached hydrogen (secondary N) is 1. The second kappa shape index (κ2) is 6.22. The minimum Gasteiger partial charge on any atom is -0.384 e. The Morgan fingerprint density at radius 1 is 1.28 bits per heavy atom. The highest BCUT2D eigenvalue weighted by atomic mass is 35.5. The van der Waals surface area contributed by atoms with Crippen molar-refractivity contribution >= 4 is 35.0 Å². The van der Waals surface area contributed by atoms with Gasteiger partial charge in [0, 0.05) is 32.8 Å². The standard InChI is InChI=1S/C18H21Cl2N3O2/c1-10(24)23-8-7-21-16-14(17(25)22(4)18(16,2)3)15(23)11-5-6-12(19)13(20)9-11/h5-6,9,15,21H,7-8H2,1-4H3. The van der Waals surface area contributed by atoms with Crippen molar-refractivity contribution in [3.8, 4) is 0 Å². The number of carbonyl (C=O) groups excluding carboxylic acids is 2. The molecule has 7 heteroatoms. The summed E-state index contributed by atoms with van der Waals surface area (Å²) in [5, 5.41) is 4.21. The maximum absolute atomic E-state index is 13.0. The van der Waals surface area contributed by atoms with Crippen LogP contribution in [0.4, 0.5) is 0 Å². The molecule has 1 unspecified atom stereocenters. The van der Waals surface area contributed by atoms with E-state index in [2.05, 4.69) is 5.32 Å². The summed E-state index contributed by atoms with van der Waals surface area (Å²) in [6.45, 7) is 6.59. The molecule has 1 aromatic rings. The second-order valence-corrected chi connectivity index (χ2v) is 7.74. The smallest absolute Gasteiger partial charge is 0.254 e. The van der Waals surface area contributed by atoms with E-state index < -0.39 is 11.6 Å². The molecule has 5 nitrogen and oxygen atoms in total. The van der Waals surface area contributed by atoms with Crippen molar-refractivity contribution in [3.05, 3.63) is 45.1 Å². The highest BCUT2D eigenvalue weighted by molar-refractivity contribution is 6.42. The van der Waals surface area contributed by atoms with Crippen LogP contribution in [0.1, 0.15) is 32.4 Å². The van der Waals surface area contributed by atoms with Crippen molar-refractivity contribution in [3.63, 3.8) is 0 Å². The summed E-state index contributed by atoms with van der Waals surface area (Å²) in [6.07, 6.45) is 0. The van der Waals surface area contributed by atoms with Gasteiger partial charge in [-0.25, -0.2) is 0 Å². The molecule has 2 amide bonds. The normalized spacial score (nSPS) is 22.6. The molecule has 1 aromatic carbocycles. The van der Waals surface area contributed by atoms with E-state index in [0.29, 0.717) is 28.7 Å². The molecular formula is C18H21Cl2N3O2. The summed E-state index contributed by atoms with van der Waals surface area (Å²) in [7, 11) is 1.78. The number of halogens is 2. The first-order valence-electron chi connectivity index (χ1n) is 8.15. The summed E-state index contributed by atoms with van der Waals surface area (Å²) in [6, 6.07) is 4.77. The van der Waals surface area contributed by atoms with E-state index in [9.17, 15) is 9.59 Å². The molecule has 0 aromatic heterocycles. The van der Waals surface area contributed by atoms with Crippen LogP contribution in [0.25, 0.3) is 0 Å². The molecule has 1 atom stereocenters. The Hall–Kier alpha value is -1.72. The topological polar surface area (TPSA) is 52.7 Å². The molecule has 134 valence electrons. The van der Waals surface area contributed by atoms with E-state index in [1.807, 2.05) is 19.9 Å². The average Bonchev–Trinajstić information content (AvgIpc) is 2.72. The molecule has 0 spiro atoms. The van der Waals surface area contributed by atoms with Gasteiger partial charge in [-0.05, 0) is 31.5 Å². The van der Waals surface area contributed by atoms with Gasteiger partial charge in [0.15, 0.2) is 0 Å². The number of benzene rings is 1. The van der Waals surface area contributed by atoms with Gasteiger partial charge in [-0.3, -0.25) is 9.59 Å². The first-order valence-corrected chi connectivity index (χ1v) is 8.90. The predicted molar refractivity (Wildman–Crippen MR) is 98.5 cm³/mol. The third-order valence-corrected chi connectivity index (χ3v) is 5.90. The second-order valence-electron chi connectivity index (χ2n) is 6.93. The third-order valence-electron chi connectivity index (χ3n) is 5.16. The average molecular weight is 382 g/mol. The van der Waals surface area contributed by atoms with E-state index in [-0.39, 0.29) is 11.8 Å². The quantitative estimate of drug-likeness (QED) is 0.813. The van der Waals surface area contributed by atoms with Gasteiger partial charge in [0.1, 0.15) is 0 Å². The fraction of sp³-hybridized carbons (Fsp3) is 0.444. The van der Waals surface area contributed by atoms with E-state index in [1.165, 1.54) is 6.92 Å². The minimum atomic E-state index is -0.492. The molecule has 0 saturated heterocycles. The molecule has 0 fully saturated rings. The Bertz CT molecular complexity index is 789. The predicted octanol–water partition coefficient (Wildman–Crippen LogP) is 2.99. The monoisotopic (exact) mass is 381 g/mol. The SMILES string of the molecule is CC(=O)N1CCNC2=C(C(=O)N(C)C2(C)C)C1c1ccc(Cl)c(Cl)c1. The summed E-state index contributed by atoms with van der Waals surface area (Å²) in [5.41, 5.74) is 1.77. The fourth-order valence-electron chi connectivity index (χ4n) is 3.56. The minimum absolute atomic E-state index is 0.0864. The fourth-order valence-corrected chi connectivity index (χ4v) is 3.87. The zero-order valence-electron chi connectivity index (χ0n) is 14.7. The van der Waals surface area contributed by atoms with Crippen molar-refractivity contribution in [1.82, 2.24) is 15.1 Å². The molecule has 0 radical (unpaired) electrons. The number of rotatable bonds is 1. The van der Waals surface area contributed by atoms with Gasteiger partial charge in [0.2, 0.25) is 5.91 Å². The summed E-state index contributed by atoms with van der Waals surface area (Å²) in [5.74, 6) is -0.177. The number of nitrogens with zero attached hydrogens (tertiary/aromatic N) is 2. The van der Waals surface area contributed by atoms with Crippen LogP contribution in [0.3, 0.4) is 0 Å². The summed E-state index contributed by atoms with van der Waals surface area (Å²) < 4.78 is 0. The lowest BCUT2D eigenvalue weighted by molar-refractivity contribution is -0.132. The Morgan fingerprint density at radius 3 is 2.56 bits per heavy atom. The van der Waals surface area contributed by atoms with Crippen LogP contribution < -0.4 is 5.32 Å². The number of carbonyl (C=O) groups is 2. The number of likely N-dealkylation sites (N-methyl/N-ethyl adjacent to an activating group) is 1. The van der Waals surface area contributed by atoms with Crippen molar-refractivity contribution in [2.24, 2.45) is 0 Å². The number of amides is 2. The molecule has 2 aliphatic rings. The van der Waals surface area contributed by atoms with Gasteiger partial charge in [-0.15, -0.1) is 0 Å². The number of hydrogen-bond donors (Lipinski definition) is 1. The van der Waals surface area contributed by atoms with Crippen molar-refractivity contribution in [2.75, 3.05) is 20.1 Å². The molecule has 25 heavy (non-hydrogen) atoms.